The van der Waals surface area contributed by atoms with Crippen LogP contribution in [0.25, 0.3) is 33.1 Å². The minimum Gasteiger partial charge on any atom is -0.455 e. The van der Waals surface area contributed by atoms with Crippen molar-refractivity contribution in [1.82, 2.24) is 0 Å². The summed E-state index contributed by atoms with van der Waals surface area (Å²) in [4.78, 5) is 0. The van der Waals surface area contributed by atoms with Gasteiger partial charge in [-0.1, -0.05) is 72.2 Å². The topological polar surface area (TPSA) is 13.1 Å². The van der Waals surface area contributed by atoms with Crippen LogP contribution < -0.4 is 0 Å². The monoisotopic (exact) mass is 362 g/mol. The quantitative estimate of drug-likeness (QED) is 0.341. The van der Waals surface area contributed by atoms with Crippen molar-refractivity contribution < 1.29 is 4.42 Å². The highest BCUT2D eigenvalue weighted by atomic mass is 79.9. The van der Waals surface area contributed by atoms with E-state index in [0.29, 0.717) is 0 Å². The number of hydrogen-bond acceptors (Lipinski definition) is 1. The van der Waals surface area contributed by atoms with Crippen molar-refractivity contribution in [3.63, 3.8) is 0 Å². The minimum absolute atomic E-state index is 0.0123. The lowest BCUT2D eigenvalue weighted by Gasteiger charge is -2.21. The number of benzene rings is 3. The molecule has 0 atom stereocenters. The van der Waals surface area contributed by atoms with Crippen molar-refractivity contribution in [1.29, 1.82) is 0 Å². The summed E-state index contributed by atoms with van der Waals surface area (Å²) < 4.78 is 7.40. The van der Waals surface area contributed by atoms with Crippen LogP contribution >= 0.6 is 15.9 Å². The third kappa shape index (κ3) is 1.57. The summed E-state index contributed by atoms with van der Waals surface area (Å²) in [5.74, 6) is 0. The molecule has 0 fully saturated rings. The summed E-state index contributed by atoms with van der Waals surface area (Å²) in [6, 6.07) is 19.2. The zero-order chi connectivity index (χ0) is 15.8. The lowest BCUT2D eigenvalue weighted by Crippen LogP contribution is -2.14. The number of halogens is 1. The molecule has 2 heteroatoms. The molecule has 0 radical (unpaired) electrons. The van der Waals surface area contributed by atoms with E-state index in [2.05, 4.69) is 72.2 Å². The molecule has 1 aliphatic rings. The first kappa shape index (κ1) is 13.4. The SMILES string of the molecule is CC1(C)c2ccccc2-c2c1cc(Br)c1c2oc2ccccc21. The lowest BCUT2D eigenvalue weighted by molar-refractivity contribution is 0.653. The summed E-state index contributed by atoms with van der Waals surface area (Å²) in [6.45, 7) is 4.58. The zero-order valence-electron chi connectivity index (χ0n) is 13.0. The van der Waals surface area contributed by atoms with E-state index < -0.39 is 0 Å². The van der Waals surface area contributed by atoms with Crippen LogP contribution in [0.2, 0.25) is 0 Å². The fourth-order valence-corrected chi connectivity index (χ4v) is 4.63. The van der Waals surface area contributed by atoms with Crippen LogP contribution in [-0.4, -0.2) is 0 Å². The van der Waals surface area contributed by atoms with Crippen LogP contribution in [-0.2, 0) is 5.41 Å². The summed E-state index contributed by atoms with van der Waals surface area (Å²) in [6.07, 6.45) is 0. The molecule has 1 aromatic heterocycles. The largest absolute Gasteiger partial charge is 0.455 e. The van der Waals surface area contributed by atoms with Gasteiger partial charge in [-0.15, -0.1) is 0 Å². The number of fused-ring (bicyclic) bond motifs is 7. The molecule has 0 saturated carbocycles. The standard InChI is InChI=1S/C21H15BrO/c1-21(2)14-9-5-3-7-12(14)18-15(21)11-16(22)19-13-8-4-6-10-17(13)23-20(18)19/h3-11H,1-2H3. The van der Waals surface area contributed by atoms with Gasteiger partial charge in [0.25, 0.3) is 0 Å². The molecule has 0 N–H and O–H groups in total. The van der Waals surface area contributed by atoms with Crippen LogP contribution in [0.1, 0.15) is 25.0 Å². The highest BCUT2D eigenvalue weighted by molar-refractivity contribution is 9.10. The number of rotatable bonds is 0. The first-order chi connectivity index (χ1) is 11.1. The van der Waals surface area contributed by atoms with Crippen molar-refractivity contribution in [3.05, 3.63) is 70.2 Å². The molecule has 0 spiro atoms. The minimum atomic E-state index is -0.0123. The molecule has 0 aliphatic heterocycles. The Morgan fingerprint density at radius 2 is 1.65 bits per heavy atom. The Bertz CT molecular complexity index is 1100. The predicted octanol–water partition coefficient (Wildman–Crippen LogP) is 6.65. The number of furan rings is 1. The van der Waals surface area contributed by atoms with Crippen LogP contribution in [0.5, 0.6) is 0 Å². The Labute approximate surface area is 143 Å². The molecule has 23 heavy (non-hydrogen) atoms. The van der Waals surface area contributed by atoms with E-state index in [-0.39, 0.29) is 5.41 Å². The second-order valence-electron chi connectivity index (χ2n) is 6.75. The smallest absolute Gasteiger partial charge is 0.144 e. The van der Waals surface area contributed by atoms with Crippen molar-refractivity contribution in [2.75, 3.05) is 0 Å². The normalized spacial score (nSPS) is 15.1. The molecular weight excluding hydrogens is 348 g/mol. The van der Waals surface area contributed by atoms with Gasteiger partial charge in [-0.05, 0) is 28.8 Å². The van der Waals surface area contributed by atoms with Gasteiger partial charge in [0, 0.05) is 26.2 Å². The lowest BCUT2D eigenvalue weighted by atomic mass is 9.82. The van der Waals surface area contributed by atoms with Crippen molar-refractivity contribution >= 4 is 37.9 Å². The Kier molecular flexibility index (Phi) is 2.48. The molecule has 0 saturated heterocycles. The van der Waals surface area contributed by atoms with E-state index in [4.69, 9.17) is 4.42 Å². The van der Waals surface area contributed by atoms with Gasteiger partial charge in [0.1, 0.15) is 11.2 Å². The van der Waals surface area contributed by atoms with Crippen LogP contribution in [0.4, 0.5) is 0 Å². The summed E-state index contributed by atoms with van der Waals surface area (Å²) in [7, 11) is 0. The maximum Gasteiger partial charge on any atom is 0.144 e. The second-order valence-corrected chi connectivity index (χ2v) is 7.61. The molecular formula is C21H15BrO. The molecule has 5 rings (SSSR count). The molecule has 1 nitrogen and oxygen atoms in total. The zero-order valence-corrected chi connectivity index (χ0v) is 14.6. The maximum atomic E-state index is 6.30. The van der Waals surface area contributed by atoms with Crippen LogP contribution in [0.3, 0.4) is 0 Å². The Hall–Kier alpha value is -2.06. The number of hydrogen-bond donors (Lipinski definition) is 0. The van der Waals surface area contributed by atoms with Crippen molar-refractivity contribution in [2.45, 2.75) is 19.3 Å². The fourth-order valence-electron chi connectivity index (χ4n) is 4.00. The number of para-hydroxylation sites is 1. The highest BCUT2D eigenvalue weighted by Crippen LogP contribution is 2.53. The van der Waals surface area contributed by atoms with Crippen LogP contribution in [0, 0.1) is 0 Å². The van der Waals surface area contributed by atoms with E-state index >= 15 is 0 Å². The van der Waals surface area contributed by atoms with Gasteiger partial charge >= 0.3 is 0 Å². The highest BCUT2D eigenvalue weighted by Gasteiger charge is 2.38. The van der Waals surface area contributed by atoms with Gasteiger partial charge in [-0.25, -0.2) is 0 Å². The Morgan fingerprint density at radius 1 is 0.913 bits per heavy atom. The third-order valence-electron chi connectivity index (χ3n) is 5.14. The first-order valence-electron chi connectivity index (χ1n) is 7.83. The van der Waals surface area contributed by atoms with E-state index in [0.717, 1.165) is 15.6 Å². The molecule has 0 bridgehead atoms. The molecule has 1 aliphatic carbocycles. The molecule has 1 heterocycles. The Morgan fingerprint density at radius 3 is 2.52 bits per heavy atom. The molecule has 0 unspecified atom stereocenters. The third-order valence-corrected chi connectivity index (χ3v) is 5.77. The second kappa shape index (κ2) is 4.27. The van der Waals surface area contributed by atoms with Crippen molar-refractivity contribution in [2.24, 2.45) is 0 Å². The average molecular weight is 363 g/mol. The molecule has 112 valence electrons. The van der Waals surface area contributed by atoms with Crippen LogP contribution in [0.15, 0.2) is 63.5 Å². The maximum absolute atomic E-state index is 6.30. The molecule has 0 amide bonds. The first-order valence-corrected chi connectivity index (χ1v) is 8.62. The molecule has 4 aromatic rings. The molecule has 3 aromatic carbocycles. The van der Waals surface area contributed by atoms with Gasteiger partial charge < -0.3 is 4.42 Å². The van der Waals surface area contributed by atoms with Crippen molar-refractivity contribution in [3.8, 4) is 11.1 Å². The van der Waals surface area contributed by atoms with Gasteiger partial charge in [0.15, 0.2) is 0 Å². The Balaban J connectivity index is 2.05. The van der Waals surface area contributed by atoms with Gasteiger partial charge in [0.05, 0.1) is 0 Å². The van der Waals surface area contributed by atoms with Gasteiger partial charge in [0.2, 0.25) is 0 Å². The average Bonchev–Trinajstić information content (AvgIpc) is 3.03. The van der Waals surface area contributed by atoms with E-state index in [9.17, 15) is 0 Å². The van der Waals surface area contributed by atoms with Gasteiger partial charge in [-0.3, -0.25) is 0 Å². The summed E-state index contributed by atoms with van der Waals surface area (Å²) >= 11 is 3.79. The van der Waals surface area contributed by atoms with E-state index in [1.165, 1.54) is 33.0 Å². The summed E-state index contributed by atoms with van der Waals surface area (Å²) in [5.41, 5.74) is 7.17. The summed E-state index contributed by atoms with van der Waals surface area (Å²) in [5, 5.41) is 2.34. The fraction of sp³-hybridized carbons (Fsp3) is 0.143. The van der Waals surface area contributed by atoms with Gasteiger partial charge in [-0.2, -0.15) is 0 Å². The van der Waals surface area contributed by atoms with E-state index in [1.807, 2.05) is 12.1 Å². The van der Waals surface area contributed by atoms with E-state index in [1.54, 1.807) is 0 Å². The predicted molar refractivity (Wildman–Crippen MR) is 99.0 cm³/mol.